The van der Waals surface area contributed by atoms with Crippen LogP contribution in [0.3, 0.4) is 0 Å². The van der Waals surface area contributed by atoms with Gasteiger partial charge in [-0.05, 0) is 43.2 Å². The summed E-state index contributed by atoms with van der Waals surface area (Å²) in [7, 11) is 0. The summed E-state index contributed by atoms with van der Waals surface area (Å²) in [5.74, 6) is -2.59. The molecule has 8 heteroatoms. The predicted octanol–water partition coefficient (Wildman–Crippen LogP) is 5.61. The van der Waals surface area contributed by atoms with Crippen molar-refractivity contribution in [3.05, 3.63) is 63.2 Å². The van der Waals surface area contributed by atoms with Gasteiger partial charge in [-0.3, -0.25) is 14.4 Å². The van der Waals surface area contributed by atoms with Crippen LogP contribution in [0, 0.1) is 5.41 Å². The van der Waals surface area contributed by atoms with E-state index in [9.17, 15) is 19.5 Å². The van der Waals surface area contributed by atoms with Gasteiger partial charge in [0.25, 0.3) is 0 Å². The van der Waals surface area contributed by atoms with Gasteiger partial charge >= 0.3 is 11.9 Å². The second-order valence-corrected chi connectivity index (χ2v) is 8.19. The van der Waals surface area contributed by atoms with Crippen LogP contribution in [0.15, 0.2) is 46.9 Å². The van der Waals surface area contributed by atoms with Crippen molar-refractivity contribution in [3.63, 3.8) is 0 Å². The van der Waals surface area contributed by atoms with Crippen molar-refractivity contribution in [1.29, 1.82) is 0 Å². The number of H-pyrrole nitrogens is 1. The number of esters is 1. The van der Waals surface area contributed by atoms with Crippen LogP contribution >= 0.6 is 27.5 Å². The van der Waals surface area contributed by atoms with E-state index in [1.807, 2.05) is 0 Å². The van der Waals surface area contributed by atoms with Crippen molar-refractivity contribution in [2.45, 2.75) is 26.7 Å². The molecule has 0 fully saturated rings. The number of nitrogens with one attached hydrogen (secondary N) is 1. The zero-order chi connectivity index (χ0) is 22.1. The number of ether oxygens (including phenoxy) is 1. The van der Waals surface area contributed by atoms with Crippen LogP contribution in [-0.4, -0.2) is 27.8 Å². The van der Waals surface area contributed by atoms with Crippen LogP contribution < -0.4 is 4.74 Å². The van der Waals surface area contributed by atoms with Gasteiger partial charge in [0.15, 0.2) is 11.2 Å². The molecule has 0 saturated heterocycles. The fraction of sp³-hybridized carbons (Fsp3) is 0.227. The normalized spacial score (nSPS) is 11.5. The maximum atomic E-state index is 13.2. The standard InChI is InChI=1S/C22H19BrClNO5/c1-3-22(4-2,20(27)28)21(29)30-19-15-9-8-14(24)11-16(15)25-17(19)18(26)12-6-5-7-13(23)10-12/h5-11,25H,3-4H2,1-2H3,(H,27,28). The van der Waals surface area contributed by atoms with E-state index in [0.29, 0.717) is 26.0 Å². The molecule has 6 nitrogen and oxygen atoms in total. The van der Waals surface area contributed by atoms with E-state index >= 15 is 0 Å². The first-order valence-electron chi connectivity index (χ1n) is 9.30. The third kappa shape index (κ3) is 3.87. The second kappa shape index (κ2) is 8.62. The summed E-state index contributed by atoms with van der Waals surface area (Å²) in [5, 5.41) is 10.6. The van der Waals surface area contributed by atoms with Gasteiger partial charge in [-0.2, -0.15) is 0 Å². The average molecular weight is 493 g/mol. The maximum absolute atomic E-state index is 13.2. The first-order valence-corrected chi connectivity index (χ1v) is 10.5. The number of carboxylic acid groups (broad SMARTS) is 1. The molecule has 3 aromatic rings. The lowest BCUT2D eigenvalue weighted by atomic mass is 9.82. The van der Waals surface area contributed by atoms with Crippen LogP contribution in [0.2, 0.25) is 5.02 Å². The van der Waals surface area contributed by atoms with Crippen molar-refractivity contribution in [2.75, 3.05) is 0 Å². The molecule has 1 aromatic heterocycles. The number of aromatic amines is 1. The third-order valence-electron chi connectivity index (χ3n) is 5.23. The van der Waals surface area contributed by atoms with Gasteiger partial charge in [0.2, 0.25) is 5.78 Å². The van der Waals surface area contributed by atoms with Crippen molar-refractivity contribution >= 4 is 56.2 Å². The Morgan fingerprint density at radius 3 is 2.43 bits per heavy atom. The van der Waals surface area contributed by atoms with Crippen molar-refractivity contribution in [3.8, 4) is 5.75 Å². The monoisotopic (exact) mass is 491 g/mol. The summed E-state index contributed by atoms with van der Waals surface area (Å²) in [4.78, 5) is 40.9. The molecule has 0 amide bonds. The molecule has 0 unspecified atom stereocenters. The number of ketones is 1. The van der Waals surface area contributed by atoms with Crippen molar-refractivity contribution in [2.24, 2.45) is 5.41 Å². The van der Waals surface area contributed by atoms with E-state index in [4.69, 9.17) is 16.3 Å². The summed E-state index contributed by atoms with van der Waals surface area (Å²) >= 11 is 9.40. The number of aromatic nitrogens is 1. The number of fused-ring (bicyclic) bond motifs is 1. The molecule has 0 atom stereocenters. The van der Waals surface area contributed by atoms with Crippen LogP contribution in [0.1, 0.15) is 42.7 Å². The summed E-state index contributed by atoms with van der Waals surface area (Å²) in [6.45, 7) is 3.23. The lowest BCUT2D eigenvalue weighted by Gasteiger charge is -2.24. The number of carbonyl (C=O) groups is 3. The Kier molecular flexibility index (Phi) is 6.33. The van der Waals surface area contributed by atoms with Crippen molar-refractivity contribution < 1.29 is 24.2 Å². The third-order valence-corrected chi connectivity index (χ3v) is 5.96. The van der Waals surface area contributed by atoms with Gasteiger partial charge < -0.3 is 14.8 Å². The van der Waals surface area contributed by atoms with E-state index in [2.05, 4.69) is 20.9 Å². The van der Waals surface area contributed by atoms with Crippen LogP contribution in [-0.2, 0) is 9.59 Å². The summed E-state index contributed by atoms with van der Waals surface area (Å²) in [6, 6.07) is 11.6. The number of halogens is 2. The Balaban J connectivity index is 2.15. The summed E-state index contributed by atoms with van der Waals surface area (Å²) < 4.78 is 6.31. The van der Waals surface area contributed by atoms with E-state index in [1.54, 1.807) is 56.3 Å². The Morgan fingerprint density at radius 1 is 1.13 bits per heavy atom. The number of benzene rings is 2. The van der Waals surface area contributed by atoms with Gasteiger partial charge in [0.1, 0.15) is 5.69 Å². The molecular formula is C22H19BrClNO5. The van der Waals surface area contributed by atoms with Gasteiger partial charge in [-0.1, -0.05) is 53.5 Å². The fourth-order valence-electron chi connectivity index (χ4n) is 3.30. The quantitative estimate of drug-likeness (QED) is 0.254. The average Bonchev–Trinajstić information content (AvgIpc) is 3.05. The minimum atomic E-state index is -1.70. The highest BCUT2D eigenvalue weighted by atomic mass is 79.9. The van der Waals surface area contributed by atoms with Crippen LogP contribution in [0.25, 0.3) is 10.9 Å². The number of carbonyl (C=O) groups excluding carboxylic acids is 2. The number of carboxylic acids is 1. The highest BCUT2D eigenvalue weighted by molar-refractivity contribution is 9.10. The van der Waals surface area contributed by atoms with E-state index in [1.165, 1.54) is 0 Å². The number of hydrogen-bond acceptors (Lipinski definition) is 4. The molecule has 2 aromatic carbocycles. The Hall–Kier alpha value is -2.64. The van der Waals surface area contributed by atoms with E-state index in [-0.39, 0.29) is 24.3 Å². The molecule has 0 aliphatic carbocycles. The predicted molar refractivity (Wildman–Crippen MR) is 117 cm³/mol. The van der Waals surface area contributed by atoms with Crippen molar-refractivity contribution in [1.82, 2.24) is 4.98 Å². The molecular weight excluding hydrogens is 474 g/mol. The smallest absolute Gasteiger partial charge is 0.328 e. The van der Waals surface area contributed by atoms with Crippen LogP contribution in [0.5, 0.6) is 5.75 Å². The van der Waals surface area contributed by atoms with Gasteiger partial charge in [-0.25, -0.2) is 0 Å². The first kappa shape index (κ1) is 22.1. The molecule has 0 bridgehead atoms. The summed E-state index contributed by atoms with van der Waals surface area (Å²) in [6.07, 6.45) is 0.113. The first-order chi connectivity index (χ1) is 14.2. The van der Waals surface area contributed by atoms with Crippen LogP contribution in [0.4, 0.5) is 0 Å². The van der Waals surface area contributed by atoms with E-state index in [0.717, 1.165) is 0 Å². The Morgan fingerprint density at radius 2 is 1.83 bits per heavy atom. The molecule has 1 heterocycles. The van der Waals surface area contributed by atoms with E-state index < -0.39 is 23.1 Å². The lowest BCUT2D eigenvalue weighted by Crippen LogP contribution is -2.41. The molecule has 2 N–H and O–H groups in total. The summed E-state index contributed by atoms with van der Waals surface area (Å²) in [5.41, 5.74) is -0.788. The molecule has 30 heavy (non-hydrogen) atoms. The molecule has 0 spiro atoms. The van der Waals surface area contributed by atoms with Gasteiger partial charge in [0, 0.05) is 20.4 Å². The minimum absolute atomic E-state index is 0.0100. The zero-order valence-corrected chi connectivity index (χ0v) is 18.6. The number of rotatable bonds is 7. The molecule has 0 saturated carbocycles. The molecule has 0 radical (unpaired) electrons. The van der Waals surface area contributed by atoms with Gasteiger partial charge in [0.05, 0.1) is 5.52 Å². The number of hydrogen-bond donors (Lipinski definition) is 2. The molecule has 156 valence electrons. The lowest BCUT2D eigenvalue weighted by molar-refractivity contribution is -0.163. The SMILES string of the molecule is CCC(CC)(C(=O)O)C(=O)Oc1c(C(=O)c2cccc(Br)c2)[nH]c2cc(Cl)ccc12. The molecule has 0 aliphatic heterocycles. The largest absolute Gasteiger partial charge is 0.480 e. The highest BCUT2D eigenvalue weighted by Gasteiger charge is 2.45. The topological polar surface area (TPSA) is 96.5 Å². The fourth-order valence-corrected chi connectivity index (χ4v) is 3.87. The Labute approximate surface area is 186 Å². The number of aliphatic carboxylic acids is 1. The molecule has 0 aliphatic rings. The maximum Gasteiger partial charge on any atom is 0.328 e. The minimum Gasteiger partial charge on any atom is -0.480 e. The Bertz CT molecular complexity index is 1150. The highest BCUT2D eigenvalue weighted by Crippen LogP contribution is 2.37. The van der Waals surface area contributed by atoms with Gasteiger partial charge in [-0.15, -0.1) is 0 Å². The molecule has 3 rings (SSSR count). The zero-order valence-electron chi connectivity index (χ0n) is 16.3. The second-order valence-electron chi connectivity index (χ2n) is 6.84.